The quantitative estimate of drug-likeness (QED) is 0.734. The number of halogens is 1. The van der Waals surface area contributed by atoms with Gasteiger partial charge in [0.2, 0.25) is 0 Å². The molecule has 1 heterocycles. The number of aryl methyl sites for hydroxylation is 1. The Morgan fingerprint density at radius 1 is 1.18 bits per heavy atom. The lowest BCUT2D eigenvalue weighted by Gasteiger charge is -2.29. The summed E-state index contributed by atoms with van der Waals surface area (Å²) in [6.07, 6.45) is 0.658. The molecule has 144 valence electrons. The molecule has 2 aromatic carbocycles. The van der Waals surface area contributed by atoms with Gasteiger partial charge in [-0.1, -0.05) is 23.7 Å². The van der Waals surface area contributed by atoms with Gasteiger partial charge in [0.15, 0.2) is 5.78 Å². The van der Waals surface area contributed by atoms with Crippen LogP contribution in [0.1, 0.15) is 46.3 Å². The summed E-state index contributed by atoms with van der Waals surface area (Å²) in [5.74, 6) is 0.234. The predicted molar refractivity (Wildman–Crippen MR) is 104 cm³/mol. The van der Waals surface area contributed by atoms with Crippen molar-refractivity contribution in [1.82, 2.24) is 4.90 Å². The first-order chi connectivity index (χ1) is 13.4. The lowest BCUT2D eigenvalue weighted by atomic mass is 9.92. The van der Waals surface area contributed by atoms with Gasteiger partial charge in [-0.15, -0.1) is 0 Å². The highest BCUT2D eigenvalue weighted by Crippen LogP contribution is 2.34. The number of ether oxygens (including phenoxy) is 1. The molecule has 0 spiro atoms. The van der Waals surface area contributed by atoms with Gasteiger partial charge >= 0.3 is 0 Å². The van der Waals surface area contributed by atoms with Crippen molar-refractivity contribution in [2.45, 2.75) is 45.4 Å². The molecule has 0 bridgehead atoms. The third-order valence-corrected chi connectivity index (χ3v) is 5.48. The van der Waals surface area contributed by atoms with E-state index in [1.165, 1.54) is 0 Å². The fourth-order valence-electron chi connectivity index (χ4n) is 3.96. The van der Waals surface area contributed by atoms with Gasteiger partial charge in [-0.25, -0.2) is 0 Å². The Labute approximate surface area is 168 Å². The number of carbonyl (C=O) groups is 3. The van der Waals surface area contributed by atoms with Gasteiger partial charge < -0.3 is 9.64 Å². The molecule has 6 heteroatoms. The summed E-state index contributed by atoms with van der Waals surface area (Å²) in [6.45, 7) is 2.63. The van der Waals surface area contributed by atoms with Crippen LogP contribution in [0.2, 0.25) is 5.02 Å². The minimum absolute atomic E-state index is 0.0498. The van der Waals surface area contributed by atoms with Crippen molar-refractivity contribution >= 4 is 29.1 Å². The maximum absolute atomic E-state index is 12.9. The van der Waals surface area contributed by atoms with E-state index in [9.17, 15) is 14.4 Å². The van der Waals surface area contributed by atoms with E-state index >= 15 is 0 Å². The minimum Gasteiger partial charge on any atom is -0.489 e. The largest absolute Gasteiger partial charge is 0.489 e. The molecular weight excluding hydrogens is 378 g/mol. The van der Waals surface area contributed by atoms with Crippen LogP contribution in [0.4, 0.5) is 0 Å². The van der Waals surface area contributed by atoms with Crippen LogP contribution in [-0.4, -0.2) is 28.4 Å². The van der Waals surface area contributed by atoms with E-state index in [1.54, 1.807) is 17.0 Å². The number of ketones is 2. The van der Waals surface area contributed by atoms with Crippen LogP contribution >= 0.6 is 11.6 Å². The first-order valence-electron chi connectivity index (χ1n) is 9.28. The smallest absolute Gasteiger partial charge is 0.255 e. The number of rotatable bonds is 4. The molecule has 1 fully saturated rings. The van der Waals surface area contributed by atoms with Crippen molar-refractivity contribution < 1.29 is 19.1 Å². The molecular formula is C22H20ClNO4. The number of benzene rings is 2. The number of hydrogen-bond acceptors (Lipinski definition) is 4. The summed E-state index contributed by atoms with van der Waals surface area (Å²) in [4.78, 5) is 38.2. The van der Waals surface area contributed by atoms with Crippen LogP contribution in [0.5, 0.6) is 5.75 Å². The van der Waals surface area contributed by atoms with Gasteiger partial charge in [0.1, 0.15) is 18.1 Å². The van der Waals surface area contributed by atoms with Crippen LogP contribution in [-0.2, 0) is 22.7 Å². The summed E-state index contributed by atoms with van der Waals surface area (Å²) in [7, 11) is 0. The lowest BCUT2D eigenvalue weighted by molar-refractivity contribution is -0.133. The second-order valence-electron chi connectivity index (χ2n) is 7.38. The molecule has 0 saturated heterocycles. The number of Topliss-reactive ketones (excluding diaryl/α,β-unsaturated/α-hetero) is 2. The van der Waals surface area contributed by atoms with E-state index in [-0.39, 0.29) is 23.9 Å². The Kier molecular flexibility index (Phi) is 4.94. The van der Waals surface area contributed by atoms with Gasteiger partial charge in [0.05, 0.1) is 19.0 Å². The van der Waals surface area contributed by atoms with Crippen LogP contribution in [0.15, 0.2) is 36.4 Å². The van der Waals surface area contributed by atoms with Crippen molar-refractivity contribution in [3.05, 3.63) is 63.7 Å². The lowest BCUT2D eigenvalue weighted by Crippen LogP contribution is -2.44. The minimum atomic E-state index is -0.527. The van der Waals surface area contributed by atoms with Crippen molar-refractivity contribution in [2.24, 2.45) is 0 Å². The maximum atomic E-state index is 12.9. The second kappa shape index (κ2) is 7.40. The fourth-order valence-corrected chi connectivity index (χ4v) is 4.27. The summed E-state index contributed by atoms with van der Waals surface area (Å²) >= 11 is 6.11. The first kappa shape index (κ1) is 18.7. The SMILES string of the molecule is Cc1cc(Cl)cc(COc2cccc3c2CN(C2CCC(=O)CC2=O)C3=O)c1. The third kappa shape index (κ3) is 3.54. The highest BCUT2D eigenvalue weighted by molar-refractivity contribution is 6.30. The van der Waals surface area contributed by atoms with E-state index < -0.39 is 6.04 Å². The van der Waals surface area contributed by atoms with Crippen molar-refractivity contribution in [3.63, 3.8) is 0 Å². The summed E-state index contributed by atoms with van der Waals surface area (Å²) in [5, 5.41) is 0.656. The molecule has 1 aliphatic heterocycles. The molecule has 0 radical (unpaired) electrons. The predicted octanol–water partition coefficient (Wildman–Crippen LogP) is 3.87. The second-order valence-corrected chi connectivity index (χ2v) is 7.81. The molecule has 2 aromatic rings. The highest BCUT2D eigenvalue weighted by Gasteiger charge is 2.39. The Morgan fingerprint density at radius 2 is 2.00 bits per heavy atom. The standard InChI is InChI=1S/C22H20ClNO4/c1-13-7-14(9-15(23)8-13)12-28-21-4-2-3-17-18(21)11-24(22(17)27)19-6-5-16(25)10-20(19)26/h2-4,7-9,19H,5-6,10-12H2,1H3. The van der Waals surface area contributed by atoms with E-state index in [0.717, 1.165) is 16.7 Å². The van der Waals surface area contributed by atoms with Gasteiger partial charge in [-0.3, -0.25) is 14.4 Å². The molecule has 5 nitrogen and oxygen atoms in total. The zero-order valence-corrected chi connectivity index (χ0v) is 16.3. The van der Waals surface area contributed by atoms with Crippen LogP contribution in [0, 0.1) is 6.92 Å². The Morgan fingerprint density at radius 3 is 2.75 bits per heavy atom. The summed E-state index contributed by atoms with van der Waals surface area (Å²) in [5.41, 5.74) is 3.35. The van der Waals surface area contributed by atoms with Crippen LogP contribution < -0.4 is 4.74 Å². The first-order valence-corrected chi connectivity index (χ1v) is 9.66. The monoisotopic (exact) mass is 397 g/mol. The van der Waals surface area contributed by atoms with E-state index in [2.05, 4.69) is 0 Å². The molecule has 1 atom stereocenters. The molecule has 0 aromatic heterocycles. The molecule has 4 rings (SSSR count). The summed E-state index contributed by atoms with van der Waals surface area (Å²) < 4.78 is 6.00. The number of fused-ring (bicyclic) bond motifs is 1. The van der Waals surface area contributed by atoms with E-state index in [1.807, 2.05) is 31.2 Å². The number of carbonyl (C=O) groups excluding carboxylic acids is 3. The zero-order valence-electron chi connectivity index (χ0n) is 15.5. The van der Waals surface area contributed by atoms with Crippen molar-refractivity contribution in [3.8, 4) is 5.75 Å². The maximum Gasteiger partial charge on any atom is 0.255 e. The fraction of sp³-hybridized carbons (Fsp3) is 0.318. The normalized spacial score (nSPS) is 19.1. The van der Waals surface area contributed by atoms with Crippen LogP contribution in [0.3, 0.4) is 0 Å². The summed E-state index contributed by atoms with van der Waals surface area (Å²) in [6, 6.07) is 10.6. The van der Waals surface area contributed by atoms with Crippen molar-refractivity contribution in [2.75, 3.05) is 0 Å². The average Bonchev–Trinajstić information content (AvgIpc) is 2.97. The molecule has 1 saturated carbocycles. The molecule has 2 aliphatic rings. The van der Waals surface area contributed by atoms with Gasteiger partial charge in [0, 0.05) is 22.6 Å². The average molecular weight is 398 g/mol. The van der Waals surface area contributed by atoms with Gasteiger partial charge in [-0.05, 0) is 48.7 Å². The Balaban J connectivity index is 1.54. The topological polar surface area (TPSA) is 63.7 Å². The highest BCUT2D eigenvalue weighted by atomic mass is 35.5. The van der Waals surface area contributed by atoms with Gasteiger partial charge in [0.25, 0.3) is 5.91 Å². The molecule has 28 heavy (non-hydrogen) atoms. The Hall–Kier alpha value is -2.66. The molecule has 1 unspecified atom stereocenters. The number of amides is 1. The number of nitrogens with zero attached hydrogens (tertiary/aromatic N) is 1. The van der Waals surface area contributed by atoms with E-state index in [4.69, 9.17) is 16.3 Å². The zero-order chi connectivity index (χ0) is 19.8. The molecule has 1 aliphatic carbocycles. The number of hydrogen-bond donors (Lipinski definition) is 0. The van der Waals surface area contributed by atoms with E-state index in [0.29, 0.717) is 42.3 Å². The van der Waals surface area contributed by atoms with Crippen LogP contribution in [0.25, 0.3) is 0 Å². The van der Waals surface area contributed by atoms with Crippen molar-refractivity contribution in [1.29, 1.82) is 0 Å². The Bertz CT molecular complexity index is 964. The third-order valence-electron chi connectivity index (χ3n) is 5.26. The molecule has 1 amide bonds. The van der Waals surface area contributed by atoms with Gasteiger partial charge in [-0.2, -0.15) is 0 Å². The molecule has 0 N–H and O–H groups in total.